The van der Waals surface area contributed by atoms with E-state index in [0.29, 0.717) is 35.3 Å². The van der Waals surface area contributed by atoms with Gasteiger partial charge in [-0.25, -0.2) is 14.8 Å². The van der Waals surface area contributed by atoms with Crippen molar-refractivity contribution in [2.75, 3.05) is 45.8 Å². The van der Waals surface area contributed by atoms with E-state index in [2.05, 4.69) is 55.4 Å². The molecule has 3 aliphatic heterocycles. The van der Waals surface area contributed by atoms with E-state index in [-0.39, 0.29) is 11.9 Å². The SMILES string of the molecule is Cc1ncnc(C)c1C(=O)N1CC2CN(CCC(c3ccccc3)C3CCN(C(=O)NC4CCCC4)CC3)CC2C1. The number of aryl methyl sites for hydroxylation is 2. The molecule has 3 unspecified atom stereocenters. The average molecular weight is 559 g/mol. The Labute approximate surface area is 244 Å². The molecule has 3 amide bonds. The topological polar surface area (TPSA) is 81.7 Å². The maximum absolute atomic E-state index is 13.3. The number of carbonyl (C=O) groups excluding carboxylic acids is 2. The van der Waals surface area contributed by atoms with Gasteiger partial charge in [-0.2, -0.15) is 0 Å². The van der Waals surface area contributed by atoms with Crippen molar-refractivity contribution in [3.8, 4) is 0 Å². The Balaban J connectivity index is 1.02. The molecule has 2 aromatic rings. The Morgan fingerprint density at radius 1 is 0.878 bits per heavy atom. The first-order valence-electron chi connectivity index (χ1n) is 15.9. The van der Waals surface area contributed by atoms with E-state index >= 15 is 0 Å². The molecule has 0 radical (unpaired) electrons. The van der Waals surface area contributed by atoms with Crippen molar-refractivity contribution >= 4 is 11.9 Å². The molecular formula is C33H46N6O2. The molecule has 41 heavy (non-hydrogen) atoms. The summed E-state index contributed by atoms with van der Waals surface area (Å²) in [4.78, 5) is 41.4. The highest BCUT2D eigenvalue weighted by atomic mass is 16.2. The number of urea groups is 1. The summed E-state index contributed by atoms with van der Waals surface area (Å²) >= 11 is 0. The van der Waals surface area contributed by atoms with E-state index in [1.165, 1.54) is 24.7 Å². The number of nitrogens with zero attached hydrogens (tertiary/aromatic N) is 5. The molecule has 0 bridgehead atoms. The summed E-state index contributed by atoms with van der Waals surface area (Å²) in [7, 11) is 0. The molecule has 1 N–H and O–H groups in total. The van der Waals surface area contributed by atoms with E-state index in [0.717, 1.165) is 89.3 Å². The summed E-state index contributed by atoms with van der Waals surface area (Å²) in [5.74, 6) is 2.29. The molecule has 1 aromatic carbocycles. The number of benzene rings is 1. The molecule has 8 heteroatoms. The first-order valence-corrected chi connectivity index (χ1v) is 15.9. The summed E-state index contributed by atoms with van der Waals surface area (Å²) in [6.45, 7) is 10.4. The Morgan fingerprint density at radius 2 is 1.51 bits per heavy atom. The highest BCUT2D eigenvalue weighted by molar-refractivity contribution is 5.96. The average Bonchev–Trinajstić information content (AvgIpc) is 3.71. The zero-order chi connectivity index (χ0) is 28.3. The molecular weight excluding hydrogens is 512 g/mol. The number of amides is 3. The van der Waals surface area contributed by atoms with Crippen LogP contribution >= 0.6 is 0 Å². The van der Waals surface area contributed by atoms with Gasteiger partial charge in [-0.3, -0.25) is 4.79 Å². The Morgan fingerprint density at radius 3 is 2.15 bits per heavy atom. The number of likely N-dealkylation sites (tertiary alicyclic amines) is 3. The fourth-order valence-electron chi connectivity index (χ4n) is 8.04. The number of piperidine rings is 1. The first kappa shape index (κ1) is 28.1. The monoisotopic (exact) mass is 558 g/mol. The molecule has 1 aromatic heterocycles. The van der Waals surface area contributed by atoms with Gasteiger partial charge in [0.15, 0.2) is 0 Å². The van der Waals surface area contributed by atoms with Gasteiger partial charge in [-0.1, -0.05) is 43.2 Å². The molecule has 6 rings (SSSR count). The van der Waals surface area contributed by atoms with Crippen molar-refractivity contribution in [1.29, 1.82) is 0 Å². The van der Waals surface area contributed by atoms with Gasteiger partial charge in [-0.05, 0) is 81.7 Å². The van der Waals surface area contributed by atoms with Crippen LogP contribution in [0.3, 0.4) is 0 Å². The lowest BCUT2D eigenvalue weighted by Gasteiger charge is -2.37. The largest absolute Gasteiger partial charge is 0.338 e. The van der Waals surface area contributed by atoms with Crippen LogP contribution in [0.1, 0.15) is 78.2 Å². The highest BCUT2D eigenvalue weighted by Crippen LogP contribution is 2.37. The van der Waals surface area contributed by atoms with Gasteiger partial charge in [0, 0.05) is 45.3 Å². The van der Waals surface area contributed by atoms with Gasteiger partial charge in [0.25, 0.3) is 5.91 Å². The summed E-state index contributed by atoms with van der Waals surface area (Å²) in [5.41, 5.74) is 3.66. The minimum atomic E-state index is 0.0916. The Kier molecular flexibility index (Phi) is 8.56. The minimum absolute atomic E-state index is 0.0916. The minimum Gasteiger partial charge on any atom is -0.338 e. The molecule has 4 aliphatic rings. The number of fused-ring (bicyclic) bond motifs is 1. The van der Waals surface area contributed by atoms with Crippen LogP contribution in [0.4, 0.5) is 4.79 Å². The number of aromatic nitrogens is 2. The van der Waals surface area contributed by atoms with Crippen LogP contribution in [0.5, 0.6) is 0 Å². The molecule has 0 spiro atoms. The third-order valence-electron chi connectivity index (χ3n) is 10.4. The van der Waals surface area contributed by atoms with Crippen LogP contribution in [0.25, 0.3) is 0 Å². The van der Waals surface area contributed by atoms with E-state index in [1.54, 1.807) is 0 Å². The van der Waals surface area contributed by atoms with Crippen LogP contribution in [-0.2, 0) is 0 Å². The molecule has 4 fully saturated rings. The Bertz CT molecular complexity index is 1170. The van der Waals surface area contributed by atoms with Gasteiger partial charge in [0.1, 0.15) is 6.33 Å². The van der Waals surface area contributed by atoms with Gasteiger partial charge in [-0.15, -0.1) is 0 Å². The van der Waals surface area contributed by atoms with Crippen molar-refractivity contribution in [1.82, 2.24) is 30.0 Å². The summed E-state index contributed by atoms with van der Waals surface area (Å²) in [5, 5.41) is 3.28. The predicted molar refractivity (Wildman–Crippen MR) is 160 cm³/mol. The normalized spacial score (nSPS) is 24.5. The maximum atomic E-state index is 13.3. The molecule has 1 saturated carbocycles. The van der Waals surface area contributed by atoms with Crippen LogP contribution in [0.2, 0.25) is 0 Å². The van der Waals surface area contributed by atoms with E-state index in [4.69, 9.17) is 0 Å². The van der Waals surface area contributed by atoms with Crippen LogP contribution in [0.15, 0.2) is 36.7 Å². The highest BCUT2D eigenvalue weighted by Gasteiger charge is 2.42. The lowest BCUT2D eigenvalue weighted by Crippen LogP contribution is -2.47. The van der Waals surface area contributed by atoms with Crippen molar-refractivity contribution in [3.63, 3.8) is 0 Å². The van der Waals surface area contributed by atoms with Gasteiger partial charge >= 0.3 is 6.03 Å². The zero-order valence-corrected chi connectivity index (χ0v) is 24.8. The standard InChI is InChI=1S/C33H46N6O2/c1-23-31(24(2)35-22-34-23)32(40)39-20-27-18-37(19-28(27)21-39)15-14-30(25-8-4-3-5-9-25)26-12-16-38(17-13-26)33(41)36-29-10-6-7-11-29/h3-5,8-9,22,26-30H,6-7,10-21H2,1-2H3,(H,36,41). The smallest absolute Gasteiger partial charge is 0.317 e. The summed E-state index contributed by atoms with van der Waals surface area (Å²) < 4.78 is 0. The van der Waals surface area contributed by atoms with Crippen molar-refractivity contribution in [2.24, 2.45) is 17.8 Å². The molecule has 3 atom stereocenters. The van der Waals surface area contributed by atoms with Crippen molar-refractivity contribution in [3.05, 3.63) is 59.2 Å². The summed E-state index contributed by atoms with van der Waals surface area (Å²) in [6.07, 6.45) is 9.57. The van der Waals surface area contributed by atoms with Crippen LogP contribution in [0, 0.1) is 31.6 Å². The fraction of sp³-hybridized carbons (Fsp3) is 0.636. The molecule has 1 aliphatic carbocycles. The first-order chi connectivity index (χ1) is 20.0. The van der Waals surface area contributed by atoms with Gasteiger partial charge in [0.05, 0.1) is 17.0 Å². The van der Waals surface area contributed by atoms with Crippen LogP contribution in [-0.4, -0.2) is 88.5 Å². The number of rotatable bonds is 7. The molecule has 4 heterocycles. The second-order valence-electron chi connectivity index (χ2n) is 13.0. The second kappa shape index (κ2) is 12.5. The lowest BCUT2D eigenvalue weighted by atomic mass is 9.78. The van der Waals surface area contributed by atoms with E-state index in [1.807, 2.05) is 18.7 Å². The van der Waals surface area contributed by atoms with Gasteiger partial charge < -0.3 is 20.0 Å². The maximum Gasteiger partial charge on any atom is 0.317 e. The molecule has 220 valence electrons. The third-order valence-corrected chi connectivity index (χ3v) is 10.4. The van der Waals surface area contributed by atoms with Gasteiger partial charge in [0.2, 0.25) is 0 Å². The zero-order valence-electron chi connectivity index (χ0n) is 24.8. The molecule has 8 nitrogen and oxygen atoms in total. The van der Waals surface area contributed by atoms with Crippen molar-refractivity contribution in [2.45, 2.75) is 70.8 Å². The quantitative estimate of drug-likeness (QED) is 0.536. The number of nitrogens with one attached hydrogen (secondary N) is 1. The van der Waals surface area contributed by atoms with Crippen LogP contribution < -0.4 is 5.32 Å². The number of carbonyl (C=O) groups is 2. The molecule has 3 saturated heterocycles. The summed E-state index contributed by atoms with van der Waals surface area (Å²) in [6, 6.07) is 11.6. The number of hydrogen-bond donors (Lipinski definition) is 1. The lowest BCUT2D eigenvalue weighted by molar-refractivity contribution is 0.0770. The third kappa shape index (κ3) is 6.27. The second-order valence-corrected chi connectivity index (χ2v) is 13.0. The van der Waals surface area contributed by atoms with E-state index < -0.39 is 0 Å². The van der Waals surface area contributed by atoms with E-state index in [9.17, 15) is 9.59 Å². The Hall–Kier alpha value is -3.00. The number of hydrogen-bond acceptors (Lipinski definition) is 5. The fourth-order valence-corrected chi connectivity index (χ4v) is 8.04. The predicted octanol–water partition coefficient (Wildman–Crippen LogP) is 4.64. The van der Waals surface area contributed by atoms with Crippen molar-refractivity contribution < 1.29 is 9.59 Å².